The molecule has 82 valence electrons. The third-order valence-corrected chi connectivity index (χ3v) is 7.21. The van der Waals surface area contributed by atoms with Crippen LogP contribution in [0.15, 0.2) is 34.7 Å². The summed E-state index contributed by atoms with van der Waals surface area (Å²) in [5.74, 6) is 0. The van der Waals surface area contributed by atoms with Crippen molar-refractivity contribution in [3.63, 3.8) is 0 Å². The summed E-state index contributed by atoms with van der Waals surface area (Å²) in [7, 11) is 0. The van der Waals surface area contributed by atoms with Crippen molar-refractivity contribution in [2.75, 3.05) is 0 Å². The molecule has 1 unspecified atom stereocenters. The molecule has 2 rings (SSSR count). The van der Waals surface area contributed by atoms with Gasteiger partial charge in [0.25, 0.3) is 0 Å². The van der Waals surface area contributed by atoms with E-state index in [1.165, 1.54) is 0 Å². The Labute approximate surface area is 97.3 Å². The first kappa shape index (κ1) is 11.1. The molecule has 1 aromatic rings. The molecule has 0 aromatic heterocycles. The summed E-state index contributed by atoms with van der Waals surface area (Å²) in [4.78, 5) is 0. The van der Waals surface area contributed by atoms with E-state index in [9.17, 15) is 4.39 Å². The second-order valence-electron chi connectivity index (χ2n) is 3.73. The van der Waals surface area contributed by atoms with Gasteiger partial charge in [-0.05, 0) is 0 Å². The quantitative estimate of drug-likeness (QED) is 0.735. The Morgan fingerprint density at radius 2 is 2.20 bits per heavy atom. The molecule has 0 fully saturated rings. The van der Waals surface area contributed by atoms with Gasteiger partial charge in [0.15, 0.2) is 0 Å². The van der Waals surface area contributed by atoms with Crippen LogP contribution in [0.3, 0.4) is 0 Å². The molecule has 1 nitrogen and oxygen atoms in total. The van der Waals surface area contributed by atoms with Crippen LogP contribution in [0.2, 0.25) is 0 Å². The van der Waals surface area contributed by atoms with E-state index in [0.29, 0.717) is 0 Å². The van der Waals surface area contributed by atoms with Crippen molar-refractivity contribution in [3.8, 4) is 0 Å². The van der Waals surface area contributed by atoms with Crippen molar-refractivity contribution in [1.29, 1.82) is 0 Å². The summed E-state index contributed by atoms with van der Waals surface area (Å²) in [5, 5.41) is 0. The molecular formula is C12H14FIO. The van der Waals surface area contributed by atoms with Gasteiger partial charge in [-0.3, -0.25) is 0 Å². The van der Waals surface area contributed by atoms with E-state index in [0.717, 1.165) is 15.6 Å². The maximum atomic E-state index is 13.3. The van der Waals surface area contributed by atoms with Crippen molar-refractivity contribution < 1.29 is 7.46 Å². The van der Waals surface area contributed by atoms with Crippen LogP contribution in [-0.4, -0.2) is 0 Å². The van der Waals surface area contributed by atoms with Gasteiger partial charge >= 0.3 is 97.4 Å². The van der Waals surface area contributed by atoms with Gasteiger partial charge in [0.1, 0.15) is 0 Å². The minimum absolute atomic E-state index is 0.260. The van der Waals surface area contributed by atoms with Gasteiger partial charge < -0.3 is 0 Å². The first-order chi connectivity index (χ1) is 7.08. The average molecular weight is 320 g/mol. The Hall–Kier alpha value is -0.420. The third kappa shape index (κ3) is 1.72. The number of hydrogen-bond acceptors (Lipinski definition) is 1. The van der Waals surface area contributed by atoms with Gasteiger partial charge in [-0.2, -0.15) is 0 Å². The zero-order chi connectivity index (χ0) is 11.1. The Kier molecular flexibility index (Phi) is 2.85. The summed E-state index contributed by atoms with van der Waals surface area (Å²) < 4.78 is 20.0. The SMILES string of the molecule is C=C(F)I1OC(C)(CC)c2ccccc21. The van der Waals surface area contributed by atoms with Gasteiger partial charge in [0, 0.05) is 0 Å². The molecule has 0 saturated carbocycles. The fourth-order valence-electron chi connectivity index (χ4n) is 1.69. The Bertz CT molecular complexity index is 404. The summed E-state index contributed by atoms with van der Waals surface area (Å²) >= 11 is -2.24. The third-order valence-electron chi connectivity index (χ3n) is 2.74. The number of hydrogen-bond donors (Lipinski definition) is 0. The van der Waals surface area contributed by atoms with E-state index in [4.69, 9.17) is 3.07 Å². The van der Waals surface area contributed by atoms with Crippen LogP contribution in [-0.2, 0) is 8.67 Å². The van der Waals surface area contributed by atoms with Crippen LogP contribution in [0.5, 0.6) is 0 Å². The van der Waals surface area contributed by atoms with Crippen molar-refractivity contribution in [1.82, 2.24) is 0 Å². The van der Waals surface area contributed by atoms with Gasteiger partial charge in [0.05, 0.1) is 0 Å². The van der Waals surface area contributed by atoms with Crippen LogP contribution >= 0.6 is 20.2 Å². The van der Waals surface area contributed by atoms with Gasteiger partial charge in [-0.25, -0.2) is 0 Å². The number of rotatable bonds is 2. The van der Waals surface area contributed by atoms with E-state index in [-0.39, 0.29) is 9.43 Å². The molecule has 1 heterocycles. The number of fused-ring (bicyclic) bond motifs is 1. The van der Waals surface area contributed by atoms with E-state index in [1.807, 2.05) is 31.2 Å². The molecule has 1 atom stereocenters. The van der Waals surface area contributed by atoms with Crippen LogP contribution in [0, 0.1) is 3.57 Å². The van der Waals surface area contributed by atoms with Crippen molar-refractivity contribution in [2.24, 2.45) is 0 Å². The van der Waals surface area contributed by atoms with Crippen LogP contribution < -0.4 is 0 Å². The standard InChI is InChI=1S/C12H14FIO/c1-4-12(3)10-7-5-6-8-11(10)14(15-12)9(2)13/h5-8H,2,4H2,1,3H3. The molecule has 1 aromatic carbocycles. The summed E-state index contributed by atoms with van der Waals surface area (Å²) in [6.07, 6.45) is 0.866. The summed E-state index contributed by atoms with van der Waals surface area (Å²) in [5.41, 5.74) is 0.840. The summed E-state index contributed by atoms with van der Waals surface area (Å²) in [6.45, 7) is 7.51. The van der Waals surface area contributed by atoms with Gasteiger partial charge in [-0.15, -0.1) is 0 Å². The van der Waals surface area contributed by atoms with E-state index in [1.54, 1.807) is 0 Å². The van der Waals surface area contributed by atoms with Crippen LogP contribution in [0.25, 0.3) is 0 Å². The minimum atomic E-state index is -2.24. The fraction of sp³-hybridized carbons (Fsp3) is 0.333. The van der Waals surface area contributed by atoms with Gasteiger partial charge in [0.2, 0.25) is 0 Å². The predicted octanol–water partition coefficient (Wildman–Crippen LogP) is 4.37. The van der Waals surface area contributed by atoms with E-state index >= 15 is 0 Å². The predicted molar refractivity (Wildman–Crippen MR) is 68.1 cm³/mol. The van der Waals surface area contributed by atoms with E-state index < -0.39 is 20.2 Å². The topological polar surface area (TPSA) is 9.23 Å². The molecular weight excluding hydrogens is 306 g/mol. The first-order valence-electron chi connectivity index (χ1n) is 4.92. The molecule has 0 amide bonds. The Morgan fingerprint density at radius 3 is 2.80 bits per heavy atom. The first-order valence-corrected chi connectivity index (χ1v) is 7.96. The van der Waals surface area contributed by atoms with Gasteiger partial charge in [-0.1, -0.05) is 0 Å². The zero-order valence-corrected chi connectivity index (χ0v) is 11.0. The molecule has 3 heteroatoms. The second-order valence-corrected chi connectivity index (χ2v) is 7.92. The van der Waals surface area contributed by atoms with Crippen molar-refractivity contribution in [2.45, 2.75) is 25.9 Å². The molecule has 0 spiro atoms. The average Bonchev–Trinajstić information content (AvgIpc) is 2.54. The zero-order valence-electron chi connectivity index (χ0n) is 8.89. The monoisotopic (exact) mass is 320 g/mol. The molecule has 0 N–H and O–H groups in total. The molecule has 1 aliphatic heterocycles. The second kappa shape index (κ2) is 3.87. The molecule has 15 heavy (non-hydrogen) atoms. The molecule has 0 radical (unpaired) electrons. The Balaban J connectivity index is 2.53. The molecule has 0 aliphatic carbocycles. The molecule has 0 bridgehead atoms. The van der Waals surface area contributed by atoms with Crippen molar-refractivity contribution >= 4 is 20.2 Å². The van der Waals surface area contributed by atoms with E-state index in [2.05, 4.69) is 13.5 Å². The fourth-order valence-corrected chi connectivity index (χ4v) is 6.13. The molecule has 0 saturated heterocycles. The Morgan fingerprint density at radius 1 is 1.53 bits per heavy atom. The van der Waals surface area contributed by atoms with Crippen LogP contribution in [0.1, 0.15) is 25.8 Å². The summed E-state index contributed by atoms with van der Waals surface area (Å²) in [6, 6.07) is 7.94. The molecule has 1 aliphatic rings. The number of halogens is 2. The van der Waals surface area contributed by atoms with Crippen molar-refractivity contribution in [3.05, 3.63) is 43.8 Å². The normalized spacial score (nSPS) is 26.5. The maximum absolute atomic E-state index is 13.3. The number of benzene rings is 1. The van der Waals surface area contributed by atoms with Crippen LogP contribution in [0.4, 0.5) is 4.39 Å².